The van der Waals surface area contributed by atoms with Crippen molar-refractivity contribution in [2.75, 3.05) is 11.5 Å². The van der Waals surface area contributed by atoms with Crippen molar-refractivity contribution in [2.45, 2.75) is 78.1 Å². The van der Waals surface area contributed by atoms with Crippen molar-refractivity contribution in [1.82, 2.24) is 9.36 Å². The van der Waals surface area contributed by atoms with Crippen LogP contribution in [0.15, 0.2) is 24.3 Å². The lowest BCUT2D eigenvalue weighted by molar-refractivity contribution is 0.413. The van der Waals surface area contributed by atoms with Crippen molar-refractivity contribution in [3.63, 3.8) is 0 Å². The summed E-state index contributed by atoms with van der Waals surface area (Å²) in [5.74, 6) is 2.29. The number of aromatic nitrogens is 2. The molecular weight excluding hydrogens is 416 g/mol. The normalized spacial score (nSPS) is 12.9. The van der Waals surface area contributed by atoms with Crippen LogP contribution in [-0.2, 0) is 22.7 Å². The van der Waals surface area contributed by atoms with Crippen LogP contribution in [0.3, 0.4) is 0 Å². The minimum atomic E-state index is -2.89. The van der Waals surface area contributed by atoms with Crippen molar-refractivity contribution in [3.05, 3.63) is 40.7 Å². The molecule has 1 atom stereocenters. The summed E-state index contributed by atoms with van der Waals surface area (Å²) in [6.45, 7) is 4.21. The highest BCUT2D eigenvalue weighted by Gasteiger charge is 2.15. The highest BCUT2D eigenvalue weighted by molar-refractivity contribution is 7.91. The molecule has 1 aromatic carbocycles. The summed E-state index contributed by atoms with van der Waals surface area (Å²) in [6.07, 6.45) is 9.60. The lowest BCUT2D eigenvalue weighted by Crippen LogP contribution is -2.15. The monoisotopic (exact) mass is 452 g/mol. The Labute approximate surface area is 186 Å². The summed E-state index contributed by atoms with van der Waals surface area (Å²) in [7, 11) is -2.89. The third kappa shape index (κ3) is 9.56. The second-order valence-corrected chi connectivity index (χ2v) is 11.3. The molecule has 0 bridgehead atoms. The molecular formula is C23H36N2O3S2. The number of aromatic hydroxyl groups is 1. The van der Waals surface area contributed by atoms with Crippen LogP contribution in [-0.4, -0.2) is 34.4 Å². The third-order valence-corrected chi connectivity index (χ3v) is 7.98. The van der Waals surface area contributed by atoms with Gasteiger partial charge in [-0.25, -0.2) is 13.4 Å². The van der Waals surface area contributed by atoms with Crippen LogP contribution in [0.2, 0.25) is 0 Å². The van der Waals surface area contributed by atoms with Gasteiger partial charge in [0.25, 0.3) is 0 Å². The second kappa shape index (κ2) is 13.1. The molecule has 0 aliphatic heterocycles. The average molecular weight is 453 g/mol. The molecule has 5 nitrogen and oxygen atoms in total. The van der Waals surface area contributed by atoms with Crippen molar-refractivity contribution in [3.8, 4) is 5.75 Å². The fraction of sp³-hybridized carbons (Fsp3) is 0.652. The fourth-order valence-corrected chi connectivity index (χ4v) is 5.95. The van der Waals surface area contributed by atoms with E-state index in [1.807, 2.05) is 19.1 Å². The Morgan fingerprint density at radius 3 is 2.43 bits per heavy atom. The molecule has 0 aliphatic rings. The Bertz CT molecular complexity index is 832. The molecule has 0 amide bonds. The molecule has 1 heterocycles. The summed E-state index contributed by atoms with van der Waals surface area (Å²) >= 11 is 1.47. The first-order chi connectivity index (χ1) is 14.4. The van der Waals surface area contributed by atoms with Crippen molar-refractivity contribution >= 4 is 21.4 Å². The number of unbranched alkanes of at least 4 members (excludes halogenated alkanes) is 2. The number of rotatable bonds is 15. The highest BCUT2D eigenvalue weighted by atomic mass is 32.2. The Kier molecular flexibility index (Phi) is 10.8. The van der Waals surface area contributed by atoms with Gasteiger partial charge in [0.05, 0.1) is 11.5 Å². The lowest BCUT2D eigenvalue weighted by atomic mass is 9.94. The van der Waals surface area contributed by atoms with E-state index < -0.39 is 9.84 Å². The molecule has 7 heteroatoms. The number of phenols is 1. The van der Waals surface area contributed by atoms with Gasteiger partial charge in [-0.05, 0) is 54.4 Å². The van der Waals surface area contributed by atoms with E-state index in [9.17, 15) is 13.5 Å². The average Bonchev–Trinajstić information content (AvgIpc) is 3.17. The maximum Gasteiger partial charge on any atom is 0.150 e. The fourth-order valence-electron chi connectivity index (χ4n) is 3.62. The molecule has 1 aromatic heterocycles. The van der Waals surface area contributed by atoms with Gasteiger partial charge in [0.1, 0.15) is 26.4 Å². The maximum atomic E-state index is 12.1. The summed E-state index contributed by atoms with van der Waals surface area (Å²) in [5, 5.41) is 10.4. The Balaban J connectivity index is 1.71. The van der Waals surface area contributed by atoms with Crippen LogP contribution < -0.4 is 0 Å². The lowest BCUT2D eigenvalue weighted by Gasteiger charge is -2.16. The van der Waals surface area contributed by atoms with Crippen molar-refractivity contribution in [1.29, 1.82) is 0 Å². The van der Waals surface area contributed by atoms with Gasteiger partial charge in [0, 0.05) is 12.8 Å². The number of sulfone groups is 1. The Hall–Kier alpha value is -1.47. The van der Waals surface area contributed by atoms with E-state index in [-0.39, 0.29) is 5.75 Å². The van der Waals surface area contributed by atoms with Gasteiger partial charge in [-0.2, -0.15) is 4.37 Å². The number of benzene rings is 1. The smallest absolute Gasteiger partial charge is 0.150 e. The Morgan fingerprint density at radius 2 is 1.73 bits per heavy atom. The van der Waals surface area contributed by atoms with Crippen LogP contribution in [0.5, 0.6) is 5.75 Å². The number of phenolic OH excluding ortho intramolecular Hbond substituents is 1. The van der Waals surface area contributed by atoms with Crippen LogP contribution in [0.25, 0.3) is 0 Å². The van der Waals surface area contributed by atoms with Crippen molar-refractivity contribution < 1.29 is 13.5 Å². The largest absolute Gasteiger partial charge is 0.508 e. The molecule has 0 saturated carbocycles. The first-order valence-electron chi connectivity index (χ1n) is 11.2. The zero-order chi connectivity index (χ0) is 21.8. The summed E-state index contributed by atoms with van der Waals surface area (Å²) in [6, 6.07) is 7.16. The summed E-state index contributed by atoms with van der Waals surface area (Å²) in [5.41, 5.74) is 1.09. The molecule has 0 aliphatic carbocycles. The predicted octanol–water partition coefficient (Wildman–Crippen LogP) is 5.57. The number of hydrogen-bond acceptors (Lipinski definition) is 6. The first-order valence-corrected chi connectivity index (χ1v) is 13.8. The standard InChI is InChI=1S/C23H36N2O3S2/c1-3-5-16-30(27,28)17-15-19(8-4-2)9-6-7-10-23-24-22(25-29-23)18-20-11-13-21(26)14-12-20/h11-14,19,26H,3-10,15-18H2,1-2H3. The van der Waals surface area contributed by atoms with E-state index in [1.165, 1.54) is 11.5 Å². The van der Waals surface area contributed by atoms with Crippen molar-refractivity contribution in [2.24, 2.45) is 5.92 Å². The quantitative estimate of drug-likeness (QED) is 0.357. The molecule has 30 heavy (non-hydrogen) atoms. The van der Waals surface area contributed by atoms with E-state index >= 15 is 0 Å². The van der Waals surface area contributed by atoms with Gasteiger partial charge < -0.3 is 5.11 Å². The predicted molar refractivity (Wildman–Crippen MR) is 125 cm³/mol. The molecule has 2 aromatic rings. The van der Waals surface area contributed by atoms with Crippen LogP contribution in [0.4, 0.5) is 0 Å². The molecule has 1 N–H and O–H groups in total. The molecule has 0 spiro atoms. The topological polar surface area (TPSA) is 80.2 Å². The SMILES string of the molecule is CCCCS(=O)(=O)CCC(CCC)CCCCc1nc(Cc2ccc(O)cc2)ns1. The summed E-state index contributed by atoms with van der Waals surface area (Å²) in [4.78, 5) is 4.64. The molecule has 168 valence electrons. The molecule has 0 fully saturated rings. The first kappa shape index (κ1) is 24.8. The summed E-state index contributed by atoms with van der Waals surface area (Å²) < 4.78 is 28.7. The van der Waals surface area contributed by atoms with Gasteiger partial charge in [0.15, 0.2) is 0 Å². The number of hydrogen-bond donors (Lipinski definition) is 1. The zero-order valence-electron chi connectivity index (χ0n) is 18.3. The number of aryl methyl sites for hydroxylation is 1. The molecule has 2 rings (SSSR count). The minimum absolute atomic E-state index is 0.269. The van der Waals surface area contributed by atoms with Gasteiger partial charge in [-0.1, -0.05) is 58.1 Å². The van der Waals surface area contributed by atoms with Gasteiger partial charge in [-0.15, -0.1) is 0 Å². The van der Waals surface area contributed by atoms with E-state index in [2.05, 4.69) is 16.3 Å². The van der Waals surface area contributed by atoms with Gasteiger partial charge >= 0.3 is 0 Å². The van der Waals surface area contributed by atoms with E-state index in [4.69, 9.17) is 0 Å². The zero-order valence-corrected chi connectivity index (χ0v) is 20.0. The van der Waals surface area contributed by atoms with Crippen LogP contribution in [0, 0.1) is 5.92 Å². The third-order valence-electron chi connectivity index (χ3n) is 5.40. The second-order valence-electron chi connectivity index (χ2n) is 8.14. The minimum Gasteiger partial charge on any atom is -0.508 e. The Morgan fingerprint density at radius 1 is 0.967 bits per heavy atom. The van der Waals surface area contributed by atoms with Gasteiger partial charge in [-0.3, -0.25) is 0 Å². The highest BCUT2D eigenvalue weighted by Crippen LogP contribution is 2.21. The number of nitrogens with zero attached hydrogens (tertiary/aromatic N) is 2. The van der Waals surface area contributed by atoms with Crippen LogP contribution >= 0.6 is 11.5 Å². The molecule has 0 radical (unpaired) electrons. The van der Waals surface area contributed by atoms with E-state index in [1.54, 1.807) is 12.1 Å². The van der Waals surface area contributed by atoms with E-state index in [0.717, 1.165) is 74.2 Å². The maximum absolute atomic E-state index is 12.1. The molecule has 0 saturated heterocycles. The van der Waals surface area contributed by atoms with Gasteiger partial charge in [0.2, 0.25) is 0 Å². The van der Waals surface area contributed by atoms with Crippen LogP contribution in [0.1, 0.15) is 81.6 Å². The van der Waals surface area contributed by atoms with E-state index in [0.29, 0.717) is 23.8 Å². The molecule has 1 unspecified atom stereocenters.